The predicted molar refractivity (Wildman–Crippen MR) is 259 cm³/mol. The van der Waals surface area contributed by atoms with Crippen LogP contribution in [0, 0.1) is 0 Å². The van der Waals surface area contributed by atoms with Gasteiger partial charge in [0.1, 0.15) is 6.10 Å². The number of esters is 1. The number of hydrogen-bond donors (Lipinski definition) is 3. The smallest absolute Gasteiger partial charge is 0.306 e. The molecule has 0 aliphatic heterocycles. The van der Waals surface area contributed by atoms with E-state index >= 15 is 0 Å². The third kappa shape index (κ3) is 41.8. The molecule has 6 heteroatoms. The van der Waals surface area contributed by atoms with Crippen LogP contribution >= 0.6 is 0 Å². The summed E-state index contributed by atoms with van der Waals surface area (Å²) < 4.78 is 5.84. The van der Waals surface area contributed by atoms with Crippen LogP contribution < -0.4 is 5.32 Å². The number of nitrogens with one attached hydrogen (secondary N) is 1. The van der Waals surface area contributed by atoms with E-state index in [0.717, 1.165) is 83.5 Å². The summed E-state index contributed by atoms with van der Waals surface area (Å²) in [6.45, 7) is 6.30. The maximum atomic E-state index is 13.1. The van der Waals surface area contributed by atoms with E-state index in [1.807, 2.05) is 12.2 Å². The van der Waals surface area contributed by atoms with Crippen molar-refractivity contribution >= 4 is 11.9 Å². The average molecular weight is 836 g/mol. The van der Waals surface area contributed by atoms with Gasteiger partial charge in [-0.15, -0.1) is 0 Å². The summed E-state index contributed by atoms with van der Waals surface area (Å²) in [5, 5.41) is 23.6. The number of allylic oxidation sites excluding steroid dienone is 13. The number of unbranched alkanes of at least 4 members (excludes halogenated alkanes) is 19. The van der Waals surface area contributed by atoms with Gasteiger partial charge in [-0.05, 0) is 70.6 Å². The molecule has 344 valence electrons. The lowest BCUT2D eigenvalue weighted by atomic mass is 10.0. The summed E-state index contributed by atoms with van der Waals surface area (Å²) in [7, 11) is 0. The Morgan fingerprint density at radius 1 is 0.533 bits per heavy atom. The molecule has 0 radical (unpaired) electrons. The summed E-state index contributed by atoms with van der Waals surface area (Å²) in [5.41, 5.74) is 0. The topological polar surface area (TPSA) is 95.9 Å². The van der Waals surface area contributed by atoms with Crippen molar-refractivity contribution in [3.05, 3.63) is 85.1 Å². The van der Waals surface area contributed by atoms with E-state index in [9.17, 15) is 19.8 Å². The molecule has 0 aliphatic rings. The van der Waals surface area contributed by atoms with Crippen molar-refractivity contribution in [2.45, 2.75) is 238 Å². The minimum Gasteiger partial charge on any atom is -0.461 e. The van der Waals surface area contributed by atoms with Gasteiger partial charge in [0.25, 0.3) is 0 Å². The molecule has 0 aliphatic carbocycles. The number of aliphatic hydroxyl groups is 2. The van der Waals surface area contributed by atoms with Crippen LogP contribution in [0.15, 0.2) is 85.1 Å². The Balaban J connectivity index is 4.79. The number of carbonyl (C=O) groups excluding carboxylic acids is 2. The van der Waals surface area contributed by atoms with E-state index in [-0.39, 0.29) is 24.9 Å². The van der Waals surface area contributed by atoms with Crippen molar-refractivity contribution in [2.75, 3.05) is 6.61 Å². The zero-order chi connectivity index (χ0) is 43.8. The second-order valence-corrected chi connectivity index (χ2v) is 16.5. The molecule has 3 atom stereocenters. The van der Waals surface area contributed by atoms with Gasteiger partial charge in [0, 0.05) is 12.8 Å². The summed E-state index contributed by atoms with van der Waals surface area (Å²) in [6, 6.07) is -0.740. The van der Waals surface area contributed by atoms with Gasteiger partial charge in [-0.25, -0.2) is 0 Å². The van der Waals surface area contributed by atoms with E-state index in [1.54, 1.807) is 0 Å². The molecule has 0 aromatic rings. The Morgan fingerprint density at radius 3 is 1.45 bits per heavy atom. The fourth-order valence-electron chi connectivity index (χ4n) is 6.97. The number of hydrogen-bond acceptors (Lipinski definition) is 5. The Kier molecular flexibility index (Phi) is 44.8. The van der Waals surface area contributed by atoms with Crippen LogP contribution in [0.1, 0.15) is 220 Å². The van der Waals surface area contributed by atoms with E-state index in [4.69, 9.17) is 4.74 Å². The third-order valence-corrected chi connectivity index (χ3v) is 10.7. The van der Waals surface area contributed by atoms with E-state index < -0.39 is 18.2 Å². The molecule has 0 aromatic heterocycles. The normalized spacial score (nSPS) is 14.0. The minimum absolute atomic E-state index is 0.0151. The lowest BCUT2D eigenvalue weighted by Gasteiger charge is -2.24. The molecule has 6 nitrogen and oxygen atoms in total. The van der Waals surface area contributed by atoms with Gasteiger partial charge in [-0.2, -0.15) is 0 Å². The van der Waals surface area contributed by atoms with E-state index in [2.05, 4.69) is 99.0 Å². The molecule has 60 heavy (non-hydrogen) atoms. The number of rotatable bonds is 43. The molecular weight excluding hydrogens is 743 g/mol. The quantitative estimate of drug-likeness (QED) is 0.0246. The summed E-state index contributed by atoms with van der Waals surface area (Å²) in [6.07, 6.45) is 60.9. The van der Waals surface area contributed by atoms with Crippen LogP contribution in [0.5, 0.6) is 0 Å². The third-order valence-electron chi connectivity index (χ3n) is 10.7. The number of aliphatic hydroxyl groups excluding tert-OH is 2. The first-order valence-corrected chi connectivity index (χ1v) is 24.8. The highest BCUT2D eigenvalue weighted by atomic mass is 16.5. The van der Waals surface area contributed by atoms with Gasteiger partial charge >= 0.3 is 5.97 Å². The lowest BCUT2D eigenvalue weighted by Crippen LogP contribution is -2.46. The molecule has 3 N–H and O–H groups in total. The molecule has 0 rings (SSSR count). The van der Waals surface area contributed by atoms with Crippen molar-refractivity contribution in [1.29, 1.82) is 0 Å². The summed E-state index contributed by atoms with van der Waals surface area (Å²) >= 11 is 0. The molecule has 0 saturated carbocycles. The van der Waals surface area contributed by atoms with Gasteiger partial charge in [0.05, 0.1) is 25.2 Å². The minimum atomic E-state index is -0.819. The van der Waals surface area contributed by atoms with Crippen molar-refractivity contribution in [2.24, 2.45) is 0 Å². The Labute approximate surface area is 370 Å². The van der Waals surface area contributed by atoms with Crippen LogP contribution in [0.4, 0.5) is 0 Å². The van der Waals surface area contributed by atoms with Gasteiger partial charge < -0.3 is 20.3 Å². The maximum Gasteiger partial charge on any atom is 0.306 e. The van der Waals surface area contributed by atoms with Crippen LogP contribution in [0.2, 0.25) is 0 Å². The molecule has 0 spiro atoms. The first-order chi connectivity index (χ1) is 29.5. The van der Waals surface area contributed by atoms with Crippen molar-refractivity contribution in [3.63, 3.8) is 0 Å². The fourth-order valence-corrected chi connectivity index (χ4v) is 6.97. The molecular formula is C54H93NO5. The SMILES string of the molecule is CC/C=C\C/C=C\C/C=C\C/C=C\C/C=C\CC(CC(=O)NC(CO)C(O)CCCCCCCCCCCC)OC(=O)CCCCC/C=C/C=C/CCCCCCCCC. The molecule has 0 aromatic carbocycles. The Bertz CT molecular complexity index is 1160. The largest absolute Gasteiger partial charge is 0.461 e. The summed E-state index contributed by atoms with van der Waals surface area (Å²) in [4.78, 5) is 26.0. The predicted octanol–water partition coefficient (Wildman–Crippen LogP) is 14.8. The van der Waals surface area contributed by atoms with Crippen LogP contribution in [0.25, 0.3) is 0 Å². The standard InChI is InChI=1S/C54H93NO5/c1-4-7-10-13-16-19-22-24-26-28-30-32-35-38-41-44-47-54(59)60-50(45-42-39-36-33-31-29-27-25-23-20-17-14-11-8-5-2)48-53(58)55-51(49-56)52(57)46-43-40-37-34-21-18-15-12-9-6-3/h8,11,17,20,25-28,30-33,39,42,50-52,56-57H,4-7,9-10,12-16,18-19,21-24,29,34-38,40-41,43-49H2,1-3H3,(H,55,58)/b11-8-,20-17-,27-25-,28-26+,32-30+,33-31-,42-39-. The molecule has 0 saturated heterocycles. The first kappa shape index (κ1) is 57.0. The zero-order valence-corrected chi connectivity index (χ0v) is 39.1. The zero-order valence-electron chi connectivity index (χ0n) is 39.1. The van der Waals surface area contributed by atoms with Crippen LogP contribution in [0.3, 0.4) is 0 Å². The highest BCUT2D eigenvalue weighted by Gasteiger charge is 2.23. The highest BCUT2D eigenvalue weighted by molar-refractivity contribution is 5.77. The Morgan fingerprint density at radius 2 is 0.967 bits per heavy atom. The van der Waals surface area contributed by atoms with Crippen molar-refractivity contribution in [1.82, 2.24) is 5.32 Å². The Hall–Kier alpha value is -2.96. The monoisotopic (exact) mass is 836 g/mol. The lowest BCUT2D eigenvalue weighted by molar-refractivity contribution is -0.150. The molecule has 3 unspecified atom stereocenters. The van der Waals surface area contributed by atoms with E-state index in [0.29, 0.717) is 19.3 Å². The van der Waals surface area contributed by atoms with Gasteiger partial charge in [-0.1, -0.05) is 215 Å². The van der Waals surface area contributed by atoms with E-state index in [1.165, 1.54) is 89.9 Å². The maximum absolute atomic E-state index is 13.1. The summed E-state index contributed by atoms with van der Waals surface area (Å²) in [5.74, 6) is -0.617. The van der Waals surface area contributed by atoms with Gasteiger partial charge in [0.2, 0.25) is 5.91 Å². The molecule has 0 fully saturated rings. The second-order valence-electron chi connectivity index (χ2n) is 16.5. The number of amides is 1. The van der Waals surface area contributed by atoms with Crippen molar-refractivity contribution in [3.8, 4) is 0 Å². The average Bonchev–Trinajstić information content (AvgIpc) is 3.24. The van der Waals surface area contributed by atoms with Gasteiger partial charge in [-0.3, -0.25) is 9.59 Å². The molecule has 0 bridgehead atoms. The molecule has 1 amide bonds. The van der Waals surface area contributed by atoms with Crippen LogP contribution in [-0.2, 0) is 14.3 Å². The van der Waals surface area contributed by atoms with Crippen LogP contribution in [-0.4, -0.2) is 46.9 Å². The molecule has 0 heterocycles. The number of ether oxygens (including phenoxy) is 1. The van der Waals surface area contributed by atoms with Crippen molar-refractivity contribution < 1.29 is 24.5 Å². The highest BCUT2D eigenvalue weighted by Crippen LogP contribution is 2.15. The first-order valence-electron chi connectivity index (χ1n) is 24.8. The van der Waals surface area contributed by atoms with Gasteiger partial charge in [0.15, 0.2) is 0 Å². The second kappa shape index (κ2) is 47.1. The number of carbonyl (C=O) groups is 2. The fraction of sp³-hybridized carbons (Fsp3) is 0.704.